The van der Waals surface area contributed by atoms with Crippen molar-refractivity contribution in [1.29, 1.82) is 0 Å². The van der Waals surface area contributed by atoms with E-state index in [9.17, 15) is 13.2 Å². The van der Waals surface area contributed by atoms with Crippen LogP contribution < -0.4 is 5.32 Å². The van der Waals surface area contributed by atoms with Gasteiger partial charge in [0.1, 0.15) is 6.26 Å². The molecule has 1 aliphatic carbocycles. The first-order chi connectivity index (χ1) is 14.9. The lowest BCUT2D eigenvalue weighted by atomic mass is 9.64. The molecule has 176 valence electrons. The Morgan fingerprint density at radius 1 is 1.19 bits per heavy atom. The van der Waals surface area contributed by atoms with Gasteiger partial charge in [-0.25, -0.2) is 0 Å². The van der Waals surface area contributed by atoms with Crippen molar-refractivity contribution in [2.45, 2.75) is 37.4 Å². The lowest BCUT2D eigenvalue weighted by Gasteiger charge is -2.44. The fraction of sp³-hybridized carbons (Fsp3) is 0.545. The maximum atomic E-state index is 13.2. The van der Waals surface area contributed by atoms with Crippen molar-refractivity contribution in [1.82, 2.24) is 20.3 Å². The average Bonchev–Trinajstić information content (AvgIpc) is 3.23. The summed E-state index contributed by atoms with van der Waals surface area (Å²) >= 11 is 0. The van der Waals surface area contributed by atoms with Crippen LogP contribution in [0.3, 0.4) is 0 Å². The lowest BCUT2D eigenvalue weighted by molar-refractivity contribution is -0.137. The first kappa shape index (κ1) is 24.8. The molecular weight excluding hydrogens is 534 g/mol. The van der Waals surface area contributed by atoms with Crippen molar-refractivity contribution < 1.29 is 17.7 Å². The van der Waals surface area contributed by atoms with Gasteiger partial charge in [-0.05, 0) is 24.5 Å². The molecular formula is C22H29F3IN5O. The highest BCUT2D eigenvalue weighted by molar-refractivity contribution is 14.0. The van der Waals surface area contributed by atoms with Gasteiger partial charge >= 0.3 is 6.18 Å². The van der Waals surface area contributed by atoms with Crippen LogP contribution in [0.2, 0.25) is 0 Å². The molecule has 1 N–H and O–H groups in total. The number of guanidine groups is 1. The Bertz CT molecular complexity index is 891. The summed E-state index contributed by atoms with van der Waals surface area (Å²) in [7, 11) is 1.75. The van der Waals surface area contributed by atoms with Gasteiger partial charge in [0.15, 0.2) is 5.96 Å². The van der Waals surface area contributed by atoms with Gasteiger partial charge < -0.3 is 14.7 Å². The van der Waals surface area contributed by atoms with E-state index in [2.05, 4.69) is 25.3 Å². The van der Waals surface area contributed by atoms with Crippen molar-refractivity contribution in [3.63, 3.8) is 0 Å². The maximum Gasteiger partial charge on any atom is 0.416 e. The molecule has 0 spiro atoms. The Kier molecular flexibility index (Phi) is 8.07. The van der Waals surface area contributed by atoms with Crippen LogP contribution >= 0.6 is 24.0 Å². The molecule has 1 aromatic carbocycles. The monoisotopic (exact) mass is 563 g/mol. The fourth-order valence-electron chi connectivity index (χ4n) is 4.44. The molecule has 2 fully saturated rings. The van der Waals surface area contributed by atoms with Crippen LogP contribution in [-0.2, 0) is 18.1 Å². The standard InChI is InChI=1S/C22H28F3N5O.HI/c1-26-20(30-11-9-29(10-12-30)15-19-6-13-31-28-19)27-16-21(7-3-8-21)17-4-2-5-18(14-17)22(23,24)25;/h2,4-6,13-14H,3,7-12,15-16H2,1H3,(H,26,27);1H. The molecule has 1 saturated heterocycles. The molecule has 1 saturated carbocycles. The maximum absolute atomic E-state index is 13.2. The Labute approximate surface area is 203 Å². The van der Waals surface area contributed by atoms with E-state index in [1.807, 2.05) is 12.1 Å². The van der Waals surface area contributed by atoms with Gasteiger partial charge in [-0.1, -0.05) is 29.8 Å². The summed E-state index contributed by atoms with van der Waals surface area (Å²) in [5.41, 5.74) is 0.827. The van der Waals surface area contributed by atoms with Gasteiger partial charge in [-0.3, -0.25) is 9.89 Å². The van der Waals surface area contributed by atoms with E-state index in [1.165, 1.54) is 12.1 Å². The number of rotatable bonds is 5. The van der Waals surface area contributed by atoms with Crippen molar-refractivity contribution >= 4 is 29.9 Å². The van der Waals surface area contributed by atoms with Gasteiger partial charge in [0.05, 0.1) is 11.3 Å². The highest BCUT2D eigenvalue weighted by Gasteiger charge is 2.40. The van der Waals surface area contributed by atoms with Crippen molar-refractivity contribution in [3.05, 3.63) is 53.4 Å². The summed E-state index contributed by atoms with van der Waals surface area (Å²) in [5.74, 6) is 0.805. The number of hydrogen-bond acceptors (Lipinski definition) is 4. The van der Waals surface area contributed by atoms with Gasteiger partial charge in [-0.2, -0.15) is 13.2 Å². The van der Waals surface area contributed by atoms with Crippen LogP contribution in [-0.4, -0.2) is 60.7 Å². The molecule has 1 aromatic heterocycles. The summed E-state index contributed by atoms with van der Waals surface area (Å²) < 4.78 is 44.5. The van der Waals surface area contributed by atoms with Crippen LogP contribution in [0.1, 0.15) is 36.1 Å². The topological polar surface area (TPSA) is 56.9 Å². The van der Waals surface area contributed by atoms with Crippen molar-refractivity contribution in [2.24, 2.45) is 4.99 Å². The zero-order valence-electron chi connectivity index (χ0n) is 18.1. The van der Waals surface area contributed by atoms with Gasteiger partial charge in [0, 0.05) is 57.8 Å². The number of hydrogen-bond donors (Lipinski definition) is 1. The number of nitrogens with zero attached hydrogens (tertiary/aromatic N) is 4. The number of nitrogens with one attached hydrogen (secondary N) is 1. The smallest absolute Gasteiger partial charge is 0.364 e. The first-order valence-corrected chi connectivity index (χ1v) is 10.6. The minimum atomic E-state index is -4.32. The Morgan fingerprint density at radius 2 is 1.94 bits per heavy atom. The molecule has 0 bridgehead atoms. The third-order valence-electron chi connectivity index (χ3n) is 6.46. The molecule has 4 rings (SSSR count). The summed E-state index contributed by atoms with van der Waals surface area (Å²) in [4.78, 5) is 8.95. The SMILES string of the molecule is CN=C(NCC1(c2cccc(C(F)(F)F)c2)CCC1)N1CCN(Cc2ccon2)CC1.I. The van der Waals surface area contributed by atoms with E-state index in [0.29, 0.717) is 6.54 Å². The fourth-order valence-corrected chi connectivity index (χ4v) is 4.44. The molecule has 0 atom stereocenters. The van der Waals surface area contributed by atoms with Crippen molar-refractivity contribution in [2.75, 3.05) is 39.8 Å². The third-order valence-corrected chi connectivity index (χ3v) is 6.46. The van der Waals surface area contributed by atoms with Crippen molar-refractivity contribution in [3.8, 4) is 0 Å². The normalized spacial score (nSPS) is 19.2. The quantitative estimate of drug-likeness (QED) is 0.337. The van der Waals surface area contributed by atoms with E-state index in [0.717, 1.165) is 75.3 Å². The predicted molar refractivity (Wildman–Crippen MR) is 127 cm³/mol. The first-order valence-electron chi connectivity index (χ1n) is 10.6. The second kappa shape index (κ2) is 10.4. The number of halogens is 4. The highest BCUT2D eigenvalue weighted by Crippen LogP contribution is 2.44. The average molecular weight is 563 g/mol. The number of piperazine rings is 1. The molecule has 10 heteroatoms. The molecule has 2 aromatic rings. The molecule has 2 heterocycles. The van der Waals surface area contributed by atoms with Crippen LogP contribution in [0.5, 0.6) is 0 Å². The zero-order chi connectivity index (χ0) is 21.9. The largest absolute Gasteiger partial charge is 0.416 e. The molecule has 32 heavy (non-hydrogen) atoms. The Balaban J connectivity index is 0.00000289. The van der Waals surface area contributed by atoms with Gasteiger partial charge in [0.25, 0.3) is 0 Å². The van der Waals surface area contributed by atoms with Gasteiger partial charge in [0.2, 0.25) is 0 Å². The predicted octanol–water partition coefficient (Wildman–Crippen LogP) is 4.13. The van der Waals surface area contributed by atoms with Crippen LogP contribution in [0, 0.1) is 0 Å². The third kappa shape index (κ3) is 5.56. The summed E-state index contributed by atoms with van der Waals surface area (Å²) in [5, 5.41) is 7.41. The number of aromatic nitrogens is 1. The summed E-state index contributed by atoms with van der Waals surface area (Å²) in [6.07, 6.45) is 0.0406. The number of aliphatic imine (C=N–C) groups is 1. The van der Waals surface area contributed by atoms with Gasteiger partial charge in [-0.15, -0.1) is 24.0 Å². The Morgan fingerprint density at radius 3 is 2.50 bits per heavy atom. The van der Waals surface area contributed by atoms with Crippen LogP contribution in [0.15, 0.2) is 46.1 Å². The Hall–Kier alpha value is -1.82. The van der Waals surface area contributed by atoms with Crippen LogP contribution in [0.4, 0.5) is 13.2 Å². The van der Waals surface area contributed by atoms with Crippen LogP contribution in [0.25, 0.3) is 0 Å². The molecule has 2 aliphatic rings. The highest BCUT2D eigenvalue weighted by atomic mass is 127. The van der Waals surface area contributed by atoms with E-state index in [1.54, 1.807) is 13.3 Å². The molecule has 0 unspecified atom stereocenters. The second-order valence-electron chi connectivity index (χ2n) is 8.37. The zero-order valence-corrected chi connectivity index (χ0v) is 20.4. The van der Waals surface area contributed by atoms with E-state index >= 15 is 0 Å². The minimum absolute atomic E-state index is 0. The second-order valence-corrected chi connectivity index (χ2v) is 8.37. The summed E-state index contributed by atoms with van der Waals surface area (Å²) in [6.45, 7) is 4.76. The van der Waals surface area contributed by atoms with E-state index < -0.39 is 11.7 Å². The number of benzene rings is 1. The molecule has 1 aliphatic heterocycles. The van der Waals surface area contributed by atoms with E-state index in [4.69, 9.17) is 4.52 Å². The summed E-state index contributed by atoms with van der Waals surface area (Å²) in [6, 6.07) is 7.66. The molecule has 0 amide bonds. The number of alkyl halides is 3. The van der Waals surface area contributed by atoms with E-state index in [-0.39, 0.29) is 29.4 Å². The molecule has 0 radical (unpaired) electrons. The minimum Gasteiger partial charge on any atom is -0.364 e. The lowest BCUT2D eigenvalue weighted by Crippen LogP contribution is -2.55. The molecule has 6 nitrogen and oxygen atoms in total.